The predicted molar refractivity (Wildman–Crippen MR) is 71.6 cm³/mol. The molecule has 0 fully saturated rings. The molecule has 10 heteroatoms. The minimum atomic E-state index is -1.58. The lowest BCUT2D eigenvalue weighted by molar-refractivity contribution is 0.449. The first-order valence-electron chi connectivity index (χ1n) is 5.73. The van der Waals surface area contributed by atoms with Crippen molar-refractivity contribution in [3.05, 3.63) is 29.6 Å². The Bertz CT molecular complexity index is 663. The highest BCUT2D eigenvalue weighted by atomic mass is 19.2. The van der Waals surface area contributed by atoms with Crippen molar-refractivity contribution in [3.8, 4) is 0 Å². The first-order valence-corrected chi connectivity index (χ1v) is 5.73. The van der Waals surface area contributed by atoms with Crippen molar-refractivity contribution >= 4 is 23.5 Å². The molecule has 1 aromatic heterocycles. The van der Waals surface area contributed by atoms with Gasteiger partial charge in [-0.1, -0.05) is 0 Å². The zero-order valence-corrected chi connectivity index (χ0v) is 11.2. The van der Waals surface area contributed by atoms with Gasteiger partial charge in [0, 0.05) is 14.1 Å². The van der Waals surface area contributed by atoms with E-state index in [1.165, 1.54) is 0 Å². The first-order chi connectivity index (χ1) is 9.92. The summed E-state index contributed by atoms with van der Waals surface area (Å²) in [6.07, 6.45) is 0. The molecule has 1 aromatic carbocycles. The summed E-state index contributed by atoms with van der Waals surface area (Å²) in [6.45, 7) is 0. The molecule has 0 radical (unpaired) electrons. The lowest BCUT2D eigenvalue weighted by Crippen LogP contribution is -2.18. The average molecular weight is 299 g/mol. The van der Waals surface area contributed by atoms with Crippen molar-refractivity contribution in [1.29, 1.82) is 0 Å². The largest absolute Gasteiger partial charge is 0.347 e. The Morgan fingerprint density at radius 3 is 2.29 bits per heavy atom. The summed E-state index contributed by atoms with van der Waals surface area (Å²) in [5.41, 5.74) is 1.91. The maximum atomic E-state index is 13.6. The van der Waals surface area contributed by atoms with Gasteiger partial charge in [-0.15, -0.1) is 0 Å². The third-order valence-electron chi connectivity index (χ3n) is 2.43. The maximum absolute atomic E-state index is 13.6. The Morgan fingerprint density at radius 1 is 1.00 bits per heavy atom. The number of rotatable bonds is 4. The fourth-order valence-electron chi connectivity index (χ4n) is 1.43. The molecule has 0 saturated heterocycles. The van der Waals surface area contributed by atoms with Gasteiger partial charge in [0.2, 0.25) is 17.8 Å². The van der Waals surface area contributed by atoms with E-state index in [1.807, 2.05) is 0 Å². The number of benzene rings is 1. The molecule has 0 spiro atoms. The normalized spacial score (nSPS) is 10.4. The quantitative estimate of drug-likeness (QED) is 0.446. The van der Waals surface area contributed by atoms with Crippen LogP contribution < -0.4 is 21.5 Å². The van der Waals surface area contributed by atoms with E-state index in [4.69, 9.17) is 5.84 Å². The van der Waals surface area contributed by atoms with Crippen molar-refractivity contribution in [2.75, 3.05) is 29.7 Å². The van der Waals surface area contributed by atoms with E-state index in [2.05, 4.69) is 25.7 Å². The molecule has 4 N–H and O–H groups in total. The number of anilines is 4. The molecule has 0 unspecified atom stereocenters. The fraction of sp³-hybridized carbons (Fsp3) is 0.182. The third-order valence-corrected chi connectivity index (χ3v) is 2.43. The topological polar surface area (TPSA) is 92.0 Å². The highest BCUT2D eigenvalue weighted by molar-refractivity contribution is 5.56. The first kappa shape index (κ1) is 14.8. The zero-order chi connectivity index (χ0) is 15.6. The SMILES string of the molecule is CN(C)c1nc(NN)nc(Nc2ccc(F)c(F)c2F)n1. The Balaban J connectivity index is 2.39. The summed E-state index contributed by atoms with van der Waals surface area (Å²) in [4.78, 5) is 13.3. The predicted octanol–water partition coefficient (Wildman–Crippen LogP) is 1.38. The molecular formula is C11H12F3N7. The van der Waals surface area contributed by atoms with Gasteiger partial charge in [-0.2, -0.15) is 15.0 Å². The highest BCUT2D eigenvalue weighted by Crippen LogP contribution is 2.23. The van der Waals surface area contributed by atoms with Crippen LogP contribution in [0.4, 0.5) is 36.7 Å². The summed E-state index contributed by atoms with van der Waals surface area (Å²) < 4.78 is 39.6. The van der Waals surface area contributed by atoms with Crippen LogP contribution in [0.15, 0.2) is 12.1 Å². The van der Waals surface area contributed by atoms with E-state index in [0.717, 1.165) is 12.1 Å². The molecule has 2 aromatic rings. The number of nitrogens with one attached hydrogen (secondary N) is 2. The van der Waals surface area contributed by atoms with Crippen molar-refractivity contribution in [2.24, 2.45) is 5.84 Å². The van der Waals surface area contributed by atoms with E-state index in [9.17, 15) is 13.2 Å². The summed E-state index contributed by atoms with van der Waals surface area (Å²) in [6, 6.07) is 1.82. The van der Waals surface area contributed by atoms with Crippen molar-refractivity contribution in [2.45, 2.75) is 0 Å². The number of nitrogen functional groups attached to an aromatic ring is 1. The van der Waals surface area contributed by atoms with Gasteiger partial charge in [0.25, 0.3) is 0 Å². The van der Waals surface area contributed by atoms with Crippen LogP contribution in [0.5, 0.6) is 0 Å². The summed E-state index contributed by atoms with van der Waals surface area (Å²) in [5, 5.41) is 2.44. The van der Waals surface area contributed by atoms with E-state index in [1.54, 1.807) is 19.0 Å². The van der Waals surface area contributed by atoms with Gasteiger partial charge in [-0.05, 0) is 12.1 Å². The minimum Gasteiger partial charge on any atom is -0.347 e. The molecule has 0 saturated carbocycles. The van der Waals surface area contributed by atoms with Gasteiger partial charge in [0.1, 0.15) is 0 Å². The van der Waals surface area contributed by atoms with Crippen LogP contribution >= 0.6 is 0 Å². The van der Waals surface area contributed by atoms with Gasteiger partial charge in [-0.3, -0.25) is 5.43 Å². The molecule has 1 heterocycles. The Labute approximate surface area is 118 Å². The molecule has 0 aliphatic rings. The Morgan fingerprint density at radius 2 is 1.67 bits per heavy atom. The number of hydrazine groups is 1. The summed E-state index contributed by atoms with van der Waals surface area (Å²) >= 11 is 0. The van der Waals surface area contributed by atoms with Crippen LogP contribution in [-0.2, 0) is 0 Å². The molecule has 0 aliphatic carbocycles. The van der Waals surface area contributed by atoms with Crippen LogP contribution in [0.25, 0.3) is 0 Å². The number of halogens is 3. The van der Waals surface area contributed by atoms with Gasteiger partial charge in [0.05, 0.1) is 5.69 Å². The molecule has 0 amide bonds. The monoisotopic (exact) mass is 299 g/mol. The smallest absolute Gasteiger partial charge is 0.243 e. The molecule has 2 rings (SSSR count). The number of hydrogen-bond donors (Lipinski definition) is 3. The molecule has 0 atom stereocenters. The van der Waals surface area contributed by atoms with Gasteiger partial charge in [0.15, 0.2) is 17.5 Å². The highest BCUT2D eigenvalue weighted by Gasteiger charge is 2.15. The molecule has 7 nitrogen and oxygen atoms in total. The van der Waals surface area contributed by atoms with Crippen LogP contribution in [0.1, 0.15) is 0 Å². The Kier molecular flexibility index (Phi) is 4.08. The Hall–Kier alpha value is -2.62. The minimum absolute atomic E-state index is 0.0270. The second-order valence-corrected chi connectivity index (χ2v) is 4.17. The lowest BCUT2D eigenvalue weighted by Gasteiger charge is -2.13. The van der Waals surface area contributed by atoms with Crippen LogP contribution in [0.3, 0.4) is 0 Å². The van der Waals surface area contributed by atoms with Crippen LogP contribution in [-0.4, -0.2) is 29.0 Å². The molecule has 112 valence electrons. The standard InChI is InChI=1S/C11H12F3N7/c1-21(2)11-18-9(17-10(19-11)20-15)16-6-4-3-5(12)7(13)8(6)14/h3-4H,15H2,1-2H3,(H2,16,17,18,19,20). The van der Waals surface area contributed by atoms with Gasteiger partial charge in [-0.25, -0.2) is 19.0 Å². The lowest BCUT2D eigenvalue weighted by atomic mass is 10.3. The van der Waals surface area contributed by atoms with Crippen molar-refractivity contribution < 1.29 is 13.2 Å². The summed E-state index contributed by atoms with van der Waals surface area (Å²) in [5.74, 6) is 1.17. The van der Waals surface area contributed by atoms with E-state index in [0.29, 0.717) is 0 Å². The van der Waals surface area contributed by atoms with Crippen LogP contribution in [0.2, 0.25) is 0 Å². The van der Waals surface area contributed by atoms with E-state index < -0.39 is 17.5 Å². The second kappa shape index (κ2) is 5.79. The average Bonchev–Trinajstić information content (AvgIpc) is 2.47. The molecule has 0 bridgehead atoms. The molecular weight excluding hydrogens is 287 g/mol. The molecule has 0 aliphatic heterocycles. The second-order valence-electron chi connectivity index (χ2n) is 4.17. The van der Waals surface area contributed by atoms with Crippen LogP contribution in [0, 0.1) is 17.5 Å². The molecule has 21 heavy (non-hydrogen) atoms. The fourth-order valence-corrected chi connectivity index (χ4v) is 1.43. The number of nitrogens with zero attached hydrogens (tertiary/aromatic N) is 4. The zero-order valence-electron chi connectivity index (χ0n) is 11.2. The van der Waals surface area contributed by atoms with E-state index in [-0.39, 0.29) is 23.5 Å². The maximum Gasteiger partial charge on any atom is 0.243 e. The van der Waals surface area contributed by atoms with Crippen molar-refractivity contribution in [3.63, 3.8) is 0 Å². The van der Waals surface area contributed by atoms with E-state index >= 15 is 0 Å². The van der Waals surface area contributed by atoms with Crippen molar-refractivity contribution in [1.82, 2.24) is 15.0 Å². The number of hydrogen-bond acceptors (Lipinski definition) is 7. The van der Waals surface area contributed by atoms with Gasteiger partial charge >= 0.3 is 0 Å². The third kappa shape index (κ3) is 3.11. The number of nitrogens with two attached hydrogens (primary N) is 1. The summed E-state index contributed by atoms with van der Waals surface area (Å²) in [7, 11) is 3.36. The van der Waals surface area contributed by atoms with Gasteiger partial charge < -0.3 is 10.2 Å². The number of aromatic nitrogens is 3.